The van der Waals surface area contributed by atoms with Crippen LogP contribution in [0, 0.1) is 0 Å². The summed E-state index contributed by atoms with van der Waals surface area (Å²) in [7, 11) is -7.56. The molecule has 10 heteroatoms. The topological polar surface area (TPSA) is 63.2 Å². The molecule has 28 heavy (non-hydrogen) atoms. The largest absolute Gasteiger partial charge is 0.455 e. The standard InChI is InChI=1S/C18H42O6Si4/c1-25(2,3)20-13-14(22-26(4,5)6)15-16(23-27(7,8)9)17(18(19)21-15)24-28(10,11)12/h14-17H,13H2,1-12H3/t14-,15-,16-,17-/m0/s1. The van der Waals surface area contributed by atoms with E-state index in [1.807, 2.05) is 0 Å². The van der Waals surface area contributed by atoms with Gasteiger partial charge in [-0.3, -0.25) is 0 Å². The van der Waals surface area contributed by atoms with Crippen LogP contribution in [0.25, 0.3) is 0 Å². The molecule has 0 saturated carbocycles. The van der Waals surface area contributed by atoms with E-state index in [4.69, 9.17) is 22.4 Å². The Kier molecular flexibility index (Phi) is 8.54. The predicted octanol–water partition coefficient (Wildman–Crippen LogP) is 4.42. The minimum atomic E-state index is -1.96. The Morgan fingerprint density at radius 3 is 1.68 bits per heavy atom. The Morgan fingerprint density at radius 1 is 0.786 bits per heavy atom. The second-order valence-electron chi connectivity index (χ2n) is 11.4. The average molecular weight is 467 g/mol. The van der Waals surface area contributed by atoms with Gasteiger partial charge in [-0.05, 0) is 78.6 Å². The fraction of sp³-hybridized carbons (Fsp3) is 0.944. The van der Waals surface area contributed by atoms with Crippen molar-refractivity contribution in [3.05, 3.63) is 0 Å². The summed E-state index contributed by atoms with van der Waals surface area (Å²) in [5, 5.41) is 0. The Bertz CT molecular complexity index is 530. The van der Waals surface area contributed by atoms with Gasteiger partial charge in [-0.1, -0.05) is 0 Å². The van der Waals surface area contributed by atoms with Crippen molar-refractivity contribution in [3.63, 3.8) is 0 Å². The lowest BCUT2D eigenvalue weighted by atomic mass is 10.1. The number of carbonyl (C=O) groups excluding carboxylic acids is 1. The molecule has 1 aliphatic heterocycles. The third-order valence-corrected chi connectivity index (χ3v) is 7.61. The van der Waals surface area contributed by atoms with Crippen molar-refractivity contribution in [2.24, 2.45) is 0 Å². The molecule has 1 heterocycles. The lowest BCUT2D eigenvalue weighted by Gasteiger charge is -2.36. The highest BCUT2D eigenvalue weighted by atomic mass is 28.4. The molecule has 1 fully saturated rings. The minimum Gasteiger partial charge on any atom is -0.455 e. The molecule has 0 amide bonds. The first-order valence-electron chi connectivity index (χ1n) is 10.2. The van der Waals surface area contributed by atoms with E-state index in [2.05, 4.69) is 78.6 Å². The molecule has 1 aliphatic rings. The predicted molar refractivity (Wildman–Crippen MR) is 124 cm³/mol. The molecule has 0 unspecified atom stereocenters. The summed E-state index contributed by atoms with van der Waals surface area (Å²) in [5.74, 6) is -0.340. The molecule has 4 atom stereocenters. The molecule has 0 aliphatic carbocycles. The normalized spacial score (nSPS) is 25.7. The number of ether oxygens (including phenoxy) is 1. The quantitative estimate of drug-likeness (QED) is 0.351. The Morgan fingerprint density at radius 2 is 1.29 bits per heavy atom. The SMILES string of the molecule is C[Si](C)(C)OC[C@H](O[Si](C)(C)C)[C@@H]1OC(=O)[C@@H](O[Si](C)(C)C)[C@H]1O[Si](C)(C)C. The molecule has 0 aromatic rings. The van der Waals surface area contributed by atoms with Crippen LogP contribution < -0.4 is 0 Å². The van der Waals surface area contributed by atoms with Gasteiger partial charge in [0.15, 0.2) is 45.5 Å². The van der Waals surface area contributed by atoms with Crippen LogP contribution in [-0.2, 0) is 27.2 Å². The molecule has 0 N–H and O–H groups in total. The van der Waals surface area contributed by atoms with E-state index in [9.17, 15) is 4.79 Å². The first-order valence-corrected chi connectivity index (χ1v) is 23.8. The van der Waals surface area contributed by atoms with Gasteiger partial charge in [0.25, 0.3) is 0 Å². The lowest BCUT2D eigenvalue weighted by molar-refractivity contribution is -0.150. The third kappa shape index (κ3) is 9.79. The van der Waals surface area contributed by atoms with Gasteiger partial charge in [0.2, 0.25) is 0 Å². The van der Waals surface area contributed by atoms with Crippen LogP contribution >= 0.6 is 0 Å². The van der Waals surface area contributed by atoms with Crippen molar-refractivity contribution >= 4 is 39.2 Å². The van der Waals surface area contributed by atoms with Gasteiger partial charge in [-0.2, -0.15) is 0 Å². The van der Waals surface area contributed by atoms with Gasteiger partial charge < -0.3 is 22.4 Å². The van der Waals surface area contributed by atoms with Crippen molar-refractivity contribution in [1.82, 2.24) is 0 Å². The van der Waals surface area contributed by atoms with Gasteiger partial charge in [-0.15, -0.1) is 0 Å². The Hall–Kier alpha value is 0.178. The minimum absolute atomic E-state index is 0.340. The first-order chi connectivity index (χ1) is 12.3. The molecule has 0 radical (unpaired) electrons. The summed E-state index contributed by atoms with van der Waals surface area (Å²) in [4.78, 5) is 12.8. The fourth-order valence-corrected chi connectivity index (χ4v) is 6.72. The summed E-state index contributed by atoms with van der Waals surface area (Å²) in [5.41, 5.74) is 0. The number of cyclic esters (lactones) is 1. The highest BCUT2D eigenvalue weighted by Gasteiger charge is 2.53. The van der Waals surface area contributed by atoms with E-state index in [0.717, 1.165) is 0 Å². The first kappa shape index (κ1) is 26.2. The van der Waals surface area contributed by atoms with E-state index in [0.29, 0.717) is 6.61 Å². The smallest absolute Gasteiger partial charge is 0.337 e. The average Bonchev–Trinajstić information content (AvgIpc) is 2.66. The summed E-state index contributed by atoms with van der Waals surface area (Å²) in [6, 6.07) is 0. The van der Waals surface area contributed by atoms with Crippen LogP contribution in [0.2, 0.25) is 78.6 Å². The fourth-order valence-electron chi connectivity index (χ4n) is 2.88. The van der Waals surface area contributed by atoms with Crippen LogP contribution in [0.1, 0.15) is 0 Å². The highest BCUT2D eigenvalue weighted by molar-refractivity contribution is 6.71. The molecule has 6 nitrogen and oxygen atoms in total. The van der Waals surface area contributed by atoms with Crippen molar-refractivity contribution in [1.29, 1.82) is 0 Å². The van der Waals surface area contributed by atoms with Crippen molar-refractivity contribution in [2.75, 3.05) is 6.61 Å². The number of esters is 1. The summed E-state index contributed by atoms with van der Waals surface area (Å²) in [6.45, 7) is 25.8. The maximum absolute atomic E-state index is 12.8. The van der Waals surface area contributed by atoms with E-state index in [-0.39, 0.29) is 12.1 Å². The maximum Gasteiger partial charge on any atom is 0.337 e. The van der Waals surface area contributed by atoms with Gasteiger partial charge >= 0.3 is 5.97 Å². The van der Waals surface area contributed by atoms with E-state index in [1.54, 1.807) is 0 Å². The van der Waals surface area contributed by atoms with Crippen molar-refractivity contribution in [2.45, 2.75) is 103 Å². The second kappa shape index (κ2) is 9.12. The lowest BCUT2D eigenvalue weighted by Crippen LogP contribution is -2.53. The summed E-state index contributed by atoms with van der Waals surface area (Å²) >= 11 is 0. The van der Waals surface area contributed by atoms with Crippen LogP contribution in [0.5, 0.6) is 0 Å². The molecule has 1 saturated heterocycles. The van der Waals surface area contributed by atoms with Crippen LogP contribution in [0.3, 0.4) is 0 Å². The second-order valence-corrected chi connectivity index (χ2v) is 29.3. The summed E-state index contributed by atoms with van der Waals surface area (Å²) in [6.07, 6.45) is -2.01. The monoisotopic (exact) mass is 466 g/mol. The Labute approximate surface area is 176 Å². The molecular formula is C18H42O6Si4. The van der Waals surface area contributed by atoms with Crippen LogP contribution in [0.4, 0.5) is 0 Å². The van der Waals surface area contributed by atoms with Gasteiger partial charge in [0, 0.05) is 0 Å². The number of carbonyl (C=O) groups is 1. The number of rotatable bonds is 10. The van der Waals surface area contributed by atoms with Gasteiger partial charge in [-0.25, -0.2) is 4.79 Å². The van der Waals surface area contributed by atoms with E-state index in [1.165, 1.54) is 0 Å². The third-order valence-electron chi connectivity index (χ3n) is 3.63. The summed E-state index contributed by atoms with van der Waals surface area (Å²) < 4.78 is 31.1. The maximum atomic E-state index is 12.8. The number of hydrogen-bond donors (Lipinski definition) is 0. The molecule has 0 spiro atoms. The zero-order valence-electron chi connectivity index (χ0n) is 20.0. The number of hydrogen-bond acceptors (Lipinski definition) is 6. The molecule has 0 aromatic heterocycles. The van der Waals surface area contributed by atoms with Crippen molar-refractivity contribution < 1.29 is 27.2 Å². The van der Waals surface area contributed by atoms with Crippen molar-refractivity contribution in [3.8, 4) is 0 Å². The van der Waals surface area contributed by atoms with Crippen LogP contribution in [-0.4, -0.2) is 70.3 Å². The zero-order valence-corrected chi connectivity index (χ0v) is 24.0. The highest BCUT2D eigenvalue weighted by Crippen LogP contribution is 2.31. The molecule has 0 aromatic carbocycles. The van der Waals surface area contributed by atoms with Gasteiger partial charge in [0.05, 0.1) is 6.61 Å². The molecular weight excluding hydrogens is 425 g/mol. The van der Waals surface area contributed by atoms with Gasteiger partial charge in [0.1, 0.15) is 12.2 Å². The molecule has 166 valence electrons. The molecule has 0 bridgehead atoms. The van der Waals surface area contributed by atoms with E-state index < -0.39 is 51.6 Å². The Balaban J connectivity index is 3.20. The van der Waals surface area contributed by atoms with E-state index >= 15 is 0 Å². The zero-order chi connectivity index (χ0) is 22.1. The van der Waals surface area contributed by atoms with Crippen LogP contribution in [0.15, 0.2) is 0 Å². The molecule has 1 rings (SSSR count).